The molecule has 1 heterocycles. The molecule has 0 aromatic heterocycles. The van der Waals surface area contributed by atoms with E-state index in [0.29, 0.717) is 6.54 Å². The summed E-state index contributed by atoms with van der Waals surface area (Å²) in [6.07, 6.45) is 3.51. The second-order valence-corrected chi connectivity index (χ2v) is 4.75. The molecule has 1 aliphatic rings. The van der Waals surface area contributed by atoms with Gasteiger partial charge in [-0.25, -0.2) is 9.59 Å². The molecule has 20 heavy (non-hydrogen) atoms. The van der Waals surface area contributed by atoms with Gasteiger partial charge in [0.25, 0.3) is 0 Å². The first kappa shape index (κ1) is 14.1. The Labute approximate surface area is 117 Å². The van der Waals surface area contributed by atoms with Crippen LogP contribution >= 0.6 is 0 Å². The minimum absolute atomic E-state index is 0.205. The minimum atomic E-state index is -1.05. The van der Waals surface area contributed by atoms with Gasteiger partial charge in [-0.15, -0.1) is 6.58 Å². The van der Waals surface area contributed by atoms with E-state index in [0.717, 1.165) is 24.1 Å². The number of rotatable bonds is 4. The third kappa shape index (κ3) is 2.99. The number of carboxylic acid groups (broad SMARTS) is 1. The number of carboxylic acids is 1. The quantitative estimate of drug-likeness (QED) is 0.827. The maximum Gasteiger partial charge on any atom is 0.326 e. The molecule has 1 aromatic rings. The predicted octanol–water partition coefficient (Wildman–Crippen LogP) is 2.18. The van der Waals surface area contributed by atoms with Gasteiger partial charge in [-0.05, 0) is 30.9 Å². The Kier molecular flexibility index (Phi) is 4.40. The fourth-order valence-corrected chi connectivity index (χ4v) is 2.36. The fraction of sp³-hybridized carbons (Fsp3) is 0.333. The van der Waals surface area contributed by atoms with Gasteiger partial charge in [0.05, 0.1) is 0 Å². The predicted molar refractivity (Wildman–Crippen MR) is 76.9 cm³/mol. The first-order chi connectivity index (χ1) is 9.63. The summed E-state index contributed by atoms with van der Waals surface area (Å²) >= 11 is 0. The van der Waals surface area contributed by atoms with Crippen LogP contribution in [0.5, 0.6) is 0 Å². The van der Waals surface area contributed by atoms with Crippen molar-refractivity contribution < 1.29 is 14.7 Å². The number of aliphatic carboxylic acids is 1. The summed E-state index contributed by atoms with van der Waals surface area (Å²) in [5.74, 6) is -1.05. The molecule has 2 amide bonds. The van der Waals surface area contributed by atoms with E-state index in [2.05, 4.69) is 11.9 Å². The van der Waals surface area contributed by atoms with Gasteiger partial charge in [-0.2, -0.15) is 0 Å². The van der Waals surface area contributed by atoms with Crippen molar-refractivity contribution in [3.05, 3.63) is 42.5 Å². The van der Waals surface area contributed by atoms with Gasteiger partial charge >= 0.3 is 12.0 Å². The fourth-order valence-electron chi connectivity index (χ4n) is 2.36. The van der Waals surface area contributed by atoms with Gasteiger partial charge in [-0.1, -0.05) is 24.3 Å². The van der Waals surface area contributed by atoms with Crippen LogP contribution in [0, 0.1) is 0 Å². The number of carbonyl (C=O) groups excluding carboxylic acids is 1. The Bertz CT molecular complexity index is 528. The van der Waals surface area contributed by atoms with E-state index in [1.807, 2.05) is 24.3 Å². The lowest BCUT2D eigenvalue weighted by Gasteiger charge is -2.30. The summed E-state index contributed by atoms with van der Waals surface area (Å²) in [7, 11) is 0. The van der Waals surface area contributed by atoms with Crippen molar-refractivity contribution in [2.75, 3.05) is 11.4 Å². The van der Waals surface area contributed by atoms with Gasteiger partial charge < -0.3 is 10.4 Å². The molecule has 1 atom stereocenters. The summed E-state index contributed by atoms with van der Waals surface area (Å²) in [6.45, 7) is 4.11. The van der Waals surface area contributed by atoms with Gasteiger partial charge in [0.2, 0.25) is 0 Å². The van der Waals surface area contributed by atoms with Crippen LogP contribution in [0.15, 0.2) is 36.9 Å². The molecule has 0 spiro atoms. The average molecular weight is 274 g/mol. The Morgan fingerprint density at radius 1 is 1.45 bits per heavy atom. The van der Waals surface area contributed by atoms with Crippen LogP contribution in [0.1, 0.15) is 18.4 Å². The van der Waals surface area contributed by atoms with Crippen LogP contribution in [-0.4, -0.2) is 29.7 Å². The number of nitrogens with one attached hydrogen (secondary N) is 1. The largest absolute Gasteiger partial charge is 0.480 e. The van der Waals surface area contributed by atoms with Crippen LogP contribution in [0.2, 0.25) is 0 Å². The van der Waals surface area contributed by atoms with E-state index in [1.165, 1.54) is 6.08 Å². The molecule has 1 unspecified atom stereocenters. The number of benzene rings is 1. The zero-order chi connectivity index (χ0) is 14.5. The van der Waals surface area contributed by atoms with Crippen LogP contribution < -0.4 is 10.2 Å². The van der Waals surface area contributed by atoms with E-state index >= 15 is 0 Å². The zero-order valence-electron chi connectivity index (χ0n) is 11.2. The van der Waals surface area contributed by atoms with Crippen LogP contribution in [-0.2, 0) is 11.2 Å². The lowest BCUT2D eigenvalue weighted by Crippen LogP contribution is -2.49. The van der Waals surface area contributed by atoms with Gasteiger partial charge in [0.1, 0.15) is 6.04 Å². The second-order valence-electron chi connectivity index (χ2n) is 4.75. The average Bonchev–Trinajstić information content (AvgIpc) is 2.46. The third-order valence-corrected chi connectivity index (χ3v) is 3.35. The van der Waals surface area contributed by atoms with Crippen molar-refractivity contribution in [2.45, 2.75) is 25.3 Å². The molecule has 0 radical (unpaired) electrons. The van der Waals surface area contributed by atoms with Crippen molar-refractivity contribution in [1.82, 2.24) is 5.32 Å². The number of urea groups is 1. The SMILES string of the molecule is C=CCC(NC(=O)N1CCCc2ccccc21)C(=O)O. The van der Waals surface area contributed by atoms with Gasteiger partial charge in [0.15, 0.2) is 0 Å². The monoisotopic (exact) mass is 274 g/mol. The number of aryl methyl sites for hydroxylation is 1. The smallest absolute Gasteiger partial charge is 0.326 e. The number of para-hydroxylation sites is 1. The highest BCUT2D eigenvalue weighted by Gasteiger charge is 2.26. The van der Waals surface area contributed by atoms with Gasteiger partial charge in [-0.3, -0.25) is 4.90 Å². The summed E-state index contributed by atoms with van der Waals surface area (Å²) in [4.78, 5) is 24.9. The number of fused-ring (bicyclic) bond motifs is 1. The molecular weight excluding hydrogens is 256 g/mol. The van der Waals surface area contributed by atoms with Crippen molar-refractivity contribution in [1.29, 1.82) is 0 Å². The third-order valence-electron chi connectivity index (χ3n) is 3.35. The summed E-state index contributed by atoms with van der Waals surface area (Å²) in [5.41, 5.74) is 1.98. The maximum absolute atomic E-state index is 12.3. The van der Waals surface area contributed by atoms with E-state index < -0.39 is 12.0 Å². The van der Waals surface area contributed by atoms with Crippen molar-refractivity contribution >= 4 is 17.7 Å². The Hall–Kier alpha value is -2.30. The second kappa shape index (κ2) is 6.23. The first-order valence-electron chi connectivity index (χ1n) is 6.63. The molecule has 106 valence electrons. The number of amides is 2. The number of hydrogen-bond donors (Lipinski definition) is 2. The summed E-state index contributed by atoms with van der Waals surface area (Å²) in [6, 6.07) is 6.39. The molecule has 0 bridgehead atoms. The van der Waals surface area contributed by atoms with E-state index in [9.17, 15) is 9.59 Å². The molecule has 5 heteroatoms. The number of anilines is 1. The lowest BCUT2D eigenvalue weighted by molar-refractivity contribution is -0.139. The highest BCUT2D eigenvalue weighted by molar-refractivity contribution is 5.95. The van der Waals surface area contributed by atoms with Crippen molar-refractivity contribution in [3.8, 4) is 0 Å². The molecule has 1 aromatic carbocycles. The lowest BCUT2D eigenvalue weighted by atomic mass is 10.0. The standard InChI is InChI=1S/C15H18N2O3/c1-2-6-12(14(18)19)16-15(20)17-10-5-8-11-7-3-4-9-13(11)17/h2-4,7,9,12H,1,5-6,8,10H2,(H,16,20)(H,18,19). The Morgan fingerprint density at radius 3 is 2.90 bits per heavy atom. The molecule has 0 saturated heterocycles. The van der Waals surface area contributed by atoms with E-state index in [4.69, 9.17) is 5.11 Å². The summed E-state index contributed by atoms with van der Waals surface area (Å²) in [5, 5.41) is 11.6. The molecule has 0 fully saturated rings. The minimum Gasteiger partial charge on any atom is -0.480 e. The van der Waals surface area contributed by atoms with E-state index in [1.54, 1.807) is 4.90 Å². The van der Waals surface area contributed by atoms with Crippen molar-refractivity contribution in [2.24, 2.45) is 0 Å². The highest BCUT2D eigenvalue weighted by Crippen LogP contribution is 2.26. The molecule has 2 N–H and O–H groups in total. The van der Waals surface area contributed by atoms with Gasteiger partial charge in [0, 0.05) is 12.2 Å². The first-order valence-corrected chi connectivity index (χ1v) is 6.63. The molecule has 1 aliphatic heterocycles. The maximum atomic E-state index is 12.3. The molecule has 0 saturated carbocycles. The Morgan fingerprint density at radius 2 is 2.20 bits per heavy atom. The molecule has 0 aliphatic carbocycles. The number of carbonyl (C=O) groups is 2. The van der Waals surface area contributed by atoms with Crippen LogP contribution in [0.4, 0.5) is 10.5 Å². The molecule has 5 nitrogen and oxygen atoms in total. The number of hydrogen-bond acceptors (Lipinski definition) is 2. The highest BCUT2D eigenvalue weighted by atomic mass is 16.4. The zero-order valence-corrected chi connectivity index (χ0v) is 11.2. The van der Waals surface area contributed by atoms with Crippen LogP contribution in [0.25, 0.3) is 0 Å². The summed E-state index contributed by atoms with van der Waals surface area (Å²) < 4.78 is 0. The normalized spacial score (nSPS) is 15.1. The molecule has 2 rings (SSSR count). The van der Waals surface area contributed by atoms with E-state index in [-0.39, 0.29) is 12.5 Å². The topological polar surface area (TPSA) is 69.6 Å². The molecular formula is C15H18N2O3. The van der Waals surface area contributed by atoms with Crippen molar-refractivity contribution in [3.63, 3.8) is 0 Å². The Balaban J connectivity index is 2.14. The van der Waals surface area contributed by atoms with Crippen LogP contribution in [0.3, 0.4) is 0 Å². The number of nitrogens with zero attached hydrogens (tertiary/aromatic N) is 1.